The molecule has 27 heavy (non-hydrogen) atoms. The van der Waals surface area contributed by atoms with E-state index in [9.17, 15) is 14.7 Å². The summed E-state index contributed by atoms with van der Waals surface area (Å²) in [6.45, 7) is 0.980. The second-order valence-corrected chi connectivity index (χ2v) is 8.70. The maximum absolute atomic E-state index is 12.2. The Morgan fingerprint density at radius 1 is 1.22 bits per heavy atom. The molecule has 1 aliphatic heterocycles. The number of esters is 1. The lowest BCUT2D eigenvalue weighted by Gasteiger charge is -2.34. The first-order valence-corrected chi connectivity index (χ1v) is 11.0. The molecule has 1 amide bonds. The van der Waals surface area contributed by atoms with E-state index in [-0.39, 0.29) is 17.3 Å². The third-order valence-electron chi connectivity index (χ3n) is 5.51. The average molecular weight is 392 g/mol. The zero-order chi connectivity index (χ0) is 19.1. The van der Waals surface area contributed by atoms with Gasteiger partial charge < -0.3 is 14.7 Å². The van der Waals surface area contributed by atoms with E-state index in [1.165, 1.54) is 6.42 Å². The lowest BCUT2D eigenvalue weighted by molar-refractivity contribution is -0.129. The van der Waals surface area contributed by atoms with Crippen LogP contribution in [0.25, 0.3) is 0 Å². The Hall–Kier alpha value is -1.53. The minimum Gasteiger partial charge on any atom is -0.462 e. The summed E-state index contributed by atoms with van der Waals surface area (Å²) >= 11 is 1.65. The van der Waals surface area contributed by atoms with Gasteiger partial charge in [0, 0.05) is 6.54 Å². The van der Waals surface area contributed by atoms with Gasteiger partial charge in [-0.15, -0.1) is 11.8 Å². The molecular formula is C21H29NO4S. The number of hydrogen-bond acceptors (Lipinski definition) is 5. The van der Waals surface area contributed by atoms with Gasteiger partial charge in [-0.25, -0.2) is 4.79 Å². The van der Waals surface area contributed by atoms with E-state index in [0.717, 1.165) is 38.5 Å². The largest absolute Gasteiger partial charge is 0.462 e. The minimum atomic E-state index is -0.596. The molecule has 1 heterocycles. The highest BCUT2D eigenvalue weighted by Crippen LogP contribution is 2.34. The van der Waals surface area contributed by atoms with E-state index in [2.05, 4.69) is 0 Å². The van der Waals surface area contributed by atoms with E-state index in [1.807, 2.05) is 23.1 Å². The van der Waals surface area contributed by atoms with Gasteiger partial charge in [-0.2, -0.15) is 0 Å². The van der Waals surface area contributed by atoms with Crippen LogP contribution in [0.2, 0.25) is 0 Å². The molecule has 1 aliphatic carbocycles. The summed E-state index contributed by atoms with van der Waals surface area (Å²) in [5.41, 5.74) is -0.0352. The Balaban J connectivity index is 1.40. The number of benzene rings is 1. The molecule has 5 nitrogen and oxygen atoms in total. The standard InChI is InChI=1S/C21H29NO4S/c23-18-16-27-19(22(18)14-13-21(25)11-5-2-6-12-21)10-7-15-26-20(24)17-8-3-1-4-9-17/h1,3-4,8-9,19,25H,2,5-7,10-16H2. The Labute approximate surface area is 165 Å². The first-order chi connectivity index (χ1) is 13.1. The van der Waals surface area contributed by atoms with Gasteiger partial charge >= 0.3 is 5.97 Å². The molecule has 0 radical (unpaired) electrons. The molecule has 1 aromatic rings. The second kappa shape index (κ2) is 9.60. The van der Waals surface area contributed by atoms with Crippen molar-refractivity contribution in [1.82, 2.24) is 4.90 Å². The van der Waals surface area contributed by atoms with Crippen LogP contribution < -0.4 is 0 Å². The number of carbonyl (C=O) groups is 2. The second-order valence-electron chi connectivity index (χ2n) is 7.53. The van der Waals surface area contributed by atoms with Crippen molar-refractivity contribution in [2.75, 3.05) is 18.9 Å². The number of ether oxygens (including phenoxy) is 1. The first kappa shape index (κ1) is 20.2. The summed E-state index contributed by atoms with van der Waals surface area (Å²) in [6, 6.07) is 8.98. The molecule has 1 unspecified atom stereocenters. The number of amides is 1. The van der Waals surface area contributed by atoms with Gasteiger partial charge in [-0.1, -0.05) is 37.5 Å². The number of hydrogen-bond donors (Lipinski definition) is 1. The maximum atomic E-state index is 12.2. The van der Waals surface area contributed by atoms with Crippen molar-refractivity contribution in [3.63, 3.8) is 0 Å². The topological polar surface area (TPSA) is 66.8 Å². The quantitative estimate of drug-likeness (QED) is 0.542. The van der Waals surface area contributed by atoms with Gasteiger partial charge in [0.2, 0.25) is 5.91 Å². The van der Waals surface area contributed by atoms with Crippen molar-refractivity contribution in [1.29, 1.82) is 0 Å². The van der Waals surface area contributed by atoms with Crippen LogP contribution in [0, 0.1) is 0 Å². The van der Waals surface area contributed by atoms with E-state index in [1.54, 1.807) is 23.9 Å². The summed E-state index contributed by atoms with van der Waals surface area (Å²) in [7, 11) is 0. The lowest BCUT2D eigenvalue weighted by Crippen LogP contribution is -2.40. The summed E-state index contributed by atoms with van der Waals surface area (Å²) < 4.78 is 5.33. The third-order valence-corrected chi connectivity index (χ3v) is 6.80. The Bertz CT molecular complexity index is 630. The molecule has 3 rings (SSSR count). The van der Waals surface area contributed by atoms with Crippen molar-refractivity contribution in [2.24, 2.45) is 0 Å². The predicted octanol–water partition coefficient (Wildman–Crippen LogP) is 3.61. The zero-order valence-electron chi connectivity index (χ0n) is 15.8. The highest BCUT2D eigenvalue weighted by molar-refractivity contribution is 8.00. The smallest absolute Gasteiger partial charge is 0.338 e. The van der Waals surface area contributed by atoms with Gasteiger partial charge in [0.25, 0.3) is 0 Å². The molecule has 1 saturated carbocycles. The molecule has 1 saturated heterocycles. The summed E-state index contributed by atoms with van der Waals surface area (Å²) in [4.78, 5) is 26.1. The average Bonchev–Trinajstić information content (AvgIpc) is 3.04. The first-order valence-electron chi connectivity index (χ1n) is 9.93. The van der Waals surface area contributed by atoms with Crippen LogP contribution in [0.4, 0.5) is 0 Å². The van der Waals surface area contributed by atoms with Gasteiger partial charge in [-0.05, 0) is 44.2 Å². The highest BCUT2D eigenvalue weighted by atomic mass is 32.2. The van der Waals surface area contributed by atoms with Gasteiger partial charge in [-0.3, -0.25) is 4.79 Å². The fourth-order valence-electron chi connectivity index (χ4n) is 3.88. The van der Waals surface area contributed by atoms with Crippen LogP contribution in [0.15, 0.2) is 30.3 Å². The van der Waals surface area contributed by atoms with E-state index >= 15 is 0 Å². The number of aliphatic hydroxyl groups is 1. The normalized spacial score (nSPS) is 22.0. The van der Waals surface area contributed by atoms with Crippen molar-refractivity contribution in [3.8, 4) is 0 Å². The summed E-state index contributed by atoms with van der Waals surface area (Å²) in [6.07, 6.45) is 7.25. The summed E-state index contributed by atoms with van der Waals surface area (Å²) in [5, 5.41) is 10.8. The van der Waals surface area contributed by atoms with Gasteiger partial charge in [0.1, 0.15) is 0 Å². The van der Waals surface area contributed by atoms with Crippen LogP contribution in [0.1, 0.15) is 61.7 Å². The van der Waals surface area contributed by atoms with Crippen molar-refractivity contribution in [3.05, 3.63) is 35.9 Å². The highest BCUT2D eigenvalue weighted by Gasteiger charge is 2.35. The predicted molar refractivity (Wildman–Crippen MR) is 107 cm³/mol. The molecule has 2 fully saturated rings. The van der Waals surface area contributed by atoms with Gasteiger partial charge in [0.15, 0.2) is 0 Å². The van der Waals surface area contributed by atoms with E-state index in [0.29, 0.717) is 30.9 Å². The van der Waals surface area contributed by atoms with Crippen LogP contribution in [0.5, 0.6) is 0 Å². The van der Waals surface area contributed by atoms with Crippen LogP contribution in [-0.4, -0.2) is 51.8 Å². The SMILES string of the molecule is O=C(OCCCC1SCC(=O)N1CCC1(O)CCCCC1)c1ccccc1. The number of nitrogens with zero attached hydrogens (tertiary/aromatic N) is 1. The molecule has 0 bridgehead atoms. The minimum absolute atomic E-state index is 0.125. The molecule has 1 aromatic carbocycles. The van der Waals surface area contributed by atoms with Gasteiger partial charge in [0.05, 0.1) is 28.9 Å². The molecular weight excluding hydrogens is 362 g/mol. The molecule has 2 aliphatic rings. The molecule has 1 N–H and O–H groups in total. The Morgan fingerprint density at radius 3 is 2.70 bits per heavy atom. The fourth-order valence-corrected chi connectivity index (χ4v) is 5.11. The summed E-state index contributed by atoms with van der Waals surface area (Å²) in [5.74, 6) is 0.361. The van der Waals surface area contributed by atoms with Crippen LogP contribution in [0.3, 0.4) is 0 Å². The van der Waals surface area contributed by atoms with Crippen molar-refractivity contribution < 1.29 is 19.4 Å². The Kier molecular flexibility index (Phi) is 7.19. The van der Waals surface area contributed by atoms with Crippen molar-refractivity contribution >= 4 is 23.6 Å². The van der Waals surface area contributed by atoms with E-state index in [4.69, 9.17) is 4.74 Å². The third kappa shape index (κ3) is 5.72. The molecule has 0 spiro atoms. The molecule has 0 aromatic heterocycles. The molecule has 148 valence electrons. The lowest BCUT2D eigenvalue weighted by atomic mass is 9.82. The van der Waals surface area contributed by atoms with Crippen LogP contribution >= 0.6 is 11.8 Å². The molecule has 6 heteroatoms. The number of thioether (sulfide) groups is 1. The zero-order valence-corrected chi connectivity index (χ0v) is 16.6. The van der Waals surface area contributed by atoms with Crippen molar-refractivity contribution in [2.45, 2.75) is 62.3 Å². The van der Waals surface area contributed by atoms with E-state index < -0.39 is 5.60 Å². The van der Waals surface area contributed by atoms with Crippen LogP contribution in [-0.2, 0) is 9.53 Å². The Morgan fingerprint density at radius 2 is 1.96 bits per heavy atom. The fraction of sp³-hybridized carbons (Fsp3) is 0.619. The molecule has 1 atom stereocenters. The number of rotatable bonds is 8. The maximum Gasteiger partial charge on any atom is 0.338 e. The number of carbonyl (C=O) groups excluding carboxylic acids is 2. The monoisotopic (exact) mass is 391 g/mol.